The van der Waals surface area contributed by atoms with Gasteiger partial charge in [-0.15, -0.1) is 22.0 Å². The number of aromatic nitrogens is 2. The molecule has 39 heavy (non-hydrogen) atoms. The van der Waals surface area contributed by atoms with Crippen molar-refractivity contribution in [1.82, 2.24) is 15.5 Å². The van der Waals surface area contributed by atoms with Crippen molar-refractivity contribution in [2.24, 2.45) is 0 Å². The first-order valence-corrected chi connectivity index (χ1v) is 13.0. The highest BCUT2D eigenvalue weighted by Gasteiger charge is 2.36. The van der Waals surface area contributed by atoms with Gasteiger partial charge in [-0.2, -0.15) is 0 Å². The van der Waals surface area contributed by atoms with E-state index >= 15 is 4.39 Å². The molecule has 2 aromatic carbocycles. The fraction of sp³-hybridized carbons (Fsp3) is 0.360. The summed E-state index contributed by atoms with van der Waals surface area (Å²) >= 11 is 7.09. The summed E-state index contributed by atoms with van der Waals surface area (Å²) in [6.07, 6.45) is -7.07. The zero-order chi connectivity index (χ0) is 28.5. The van der Waals surface area contributed by atoms with Crippen LogP contribution in [0.4, 0.5) is 28.0 Å². The van der Waals surface area contributed by atoms with Crippen LogP contribution in [0.2, 0.25) is 5.02 Å². The molecule has 3 aromatic rings. The van der Waals surface area contributed by atoms with E-state index in [0.29, 0.717) is 15.5 Å². The third-order valence-electron chi connectivity index (χ3n) is 5.39. The number of carbonyl (C=O) groups is 2. The second-order valence-corrected chi connectivity index (χ2v) is 11.0. The third-order valence-corrected chi connectivity index (χ3v) is 6.78. The molecule has 1 aromatic heterocycles. The number of alkyl halides is 3. The van der Waals surface area contributed by atoms with Gasteiger partial charge in [0.25, 0.3) is 24.1 Å². The van der Waals surface area contributed by atoms with Crippen LogP contribution in [0.5, 0.6) is 0 Å². The van der Waals surface area contributed by atoms with Crippen molar-refractivity contribution in [1.29, 1.82) is 0 Å². The highest BCUT2D eigenvalue weighted by Crippen LogP contribution is 2.41. The number of hydrogen-bond donors (Lipinski definition) is 1. The average Bonchev–Trinajstić information content (AvgIpc) is 3.30. The predicted octanol–water partition coefficient (Wildman–Crippen LogP) is 6.34. The molecule has 0 saturated carbocycles. The molecule has 0 saturated heterocycles. The first-order valence-electron chi connectivity index (χ1n) is 11.6. The first-order chi connectivity index (χ1) is 18.3. The Kier molecular flexibility index (Phi) is 8.40. The normalized spacial score (nSPS) is 16.6. The molecule has 0 radical (unpaired) electrons. The molecular weight excluding hydrogens is 564 g/mol. The van der Waals surface area contributed by atoms with E-state index in [1.54, 1.807) is 45.0 Å². The minimum Gasteiger partial charge on any atom is -0.444 e. The summed E-state index contributed by atoms with van der Waals surface area (Å²) in [4.78, 5) is 27.7. The molecule has 2 amide bonds. The molecule has 1 aliphatic rings. The van der Waals surface area contributed by atoms with Crippen molar-refractivity contribution < 1.29 is 36.3 Å². The number of alkyl carbamates (subject to hydrolysis) is 1. The third kappa shape index (κ3) is 6.64. The number of carbonyl (C=O) groups excluding carboxylic acids is 2. The van der Waals surface area contributed by atoms with Crippen LogP contribution in [-0.4, -0.2) is 46.0 Å². The molecule has 0 spiro atoms. The lowest BCUT2D eigenvalue weighted by Gasteiger charge is -2.27. The Morgan fingerprint density at radius 2 is 1.90 bits per heavy atom. The number of fused-ring (bicyclic) bond motifs is 1. The predicted molar refractivity (Wildman–Crippen MR) is 136 cm³/mol. The summed E-state index contributed by atoms with van der Waals surface area (Å²) in [5.74, 6) is -3.08. The van der Waals surface area contributed by atoms with Gasteiger partial charge in [-0.05, 0) is 50.6 Å². The van der Waals surface area contributed by atoms with Gasteiger partial charge < -0.3 is 19.4 Å². The lowest BCUT2D eigenvalue weighted by atomic mass is 10.1. The van der Waals surface area contributed by atoms with Gasteiger partial charge in [-0.3, -0.25) is 4.79 Å². The molecular formula is C25H23ClF4N4O4S. The average molecular weight is 587 g/mol. The Hall–Kier alpha value is -3.32. The van der Waals surface area contributed by atoms with Crippen molar-refractivity contribution in [2.45, 2.75) is 56.5 Å². The Morgan fingerprint density at radius 3 is 2.54 bits per heavy atom. The van der Waals surface area contributed by atoms with Crippen molar-refractivity contribution >= 4 is 41.1 Å². The molecule has 208 valence electrons. The molecule has 14 heteroatoms. The van der Waals surface area contributed by atoms with E-state index in [9.17, 15) is 22.8 Å². The van der Waals surface area contributed by atoms with Crippen molar-refractivity contribution in [3.8, 4) is 11.5 Å². The number of anilines is 1. The molecule has 1 unspecified atom stereocenters. The fourth-order valence-corrected chi connectivity index (χ4v) is 4.87. The number of rotatable bonds is 6. The summed E-state index contributed by atoms with van der Waals surface area (Å²) in [7, 11) is 0. The number of halogens is 5. The van der Waals surface area contributed by atoms with Crippen LogP contribution >= 0.6 is 23.4 Å². The molecule has 0 bridgehead atoms. The standard InChI is InChI=1S/C25H23ClF4N4O4S/c1-25(2,3)38-24(36)31-15-11-39-16-9-8-14(21-32-33-22(37-21)18(28)20(29)30)17(27)19(16)34(23(15)35)10-12-4-6-13(26)7-5-12/h4-9,15,18,20H,10-11H2,1-3H3,(H,31,36)/t15-,18?/m0/s1. The summed E-state index contributed by atoms with van der Waals surface area (Å²) < 4.78 is 65.6. The molecule has 2 atom stereocenters. The lowest BCUT2D eigenvalue weighted by molar-refractivity contribution is -0.120. The largest absolute Gasteiger partial charge is 0.444 e. The maximum absolute atomic E-state index is 16.1. The van der Waals surface area contributed by atoms with Gasteiger partial charge in [-0.1, -0.05) is 23.7 Å². The highest BCUT2D eigenvalue weighted by molar-refractivity contribution is 7.99. The minimum atomic E-state index is -3.41. The molecule has 1 aliphatic heterocycles. The number of nitrogens with one attached hydrogen (secondary N) is 1. The topological polar surface area (TPSA) is 97.6 Å². The van der Waals surface area contributed by atoms with Crippen molar-refractivity contribution in [3.63, 3.8) is 0 Å². The zero-order valence-electron chi connectivity index (χ0n) is 20.9. The number of hydrogen-bond acceptors (Lipinski definition) is 7. The van der Waals surface area contributed by atoms with E-state index in [4.69, 9.17) is 20.8 Å². The van der Waals surface area contributed by atoms with Gasteiger partial charge in [-0.25, -0.2) is 22.4 Å². The number of ether oxygens (including phenoxy) is 1. The smallest absolute Gasteiger partial charge is 0.408 e. The number of thioether (sulfide) groups is 1. The summed E-state index contributed by atoms with van der Waals surface area (Å²) in [6.45, 7) is 4.91. The van der Waals surface area contributed by atoms with E-state index in [2.05, 4.69) is 15.5 Å². The van der Waals surface area contributed by atoms with Crippen LogP contribution in [0.1, 0.15) is 38.4 Å². The summed E-state index contributed by atoms with van der Waals surface area (Å²) in [5.41, 5.74) is -0.689. The zero-order valence-corrected chi connectivity index (χ0v) is 22.5. The molecule has 1 N–H and O–H groups in total. The van der Waals surface area contributed by atoms with E-state index in [1.165, 1.54) is 12.1 Å². The quantitative estimate of drug-likeness (QED) is 0.337. The van der Waals surface area contributed by atoms with Crippen LogP contribution in [0.15, 0.2) is 45.7 Å². The Bertz CT molecular complexity index is 1370. The van der Waals surface area contributed by atoms with Gasteiger partial charge in [0.05, 0.1) is 17.8 Å². The first kappa shape index (κ1) is 28.7. The molecule has 8 nitrogen and oxygen atoms in total. The minimum absolute atomic E-state index is 0.0591. The van der Waals surface area contributed by atoms with E-state index in [1.807, 2.05) is 0 Å². The van der Waals surface area contributed by atoms with Crippen molar-refractivity contribution in [2.75, 3.05) is 10.7 Å². The van der Waals surface area contributed by atoms with Gasteiger partial charge in [0.1, 0.15) is 11.6 Å². The van der Waals surface area contributed by atoms with Crippen LogP contribution in [0.3, 0.4) is 0 Å². The van der Waals surface area contributed by atoms with E-state index in [0.717, 1.165) is 16.7 Å². The maximum atomic E-state index is 16.1. The van der Waals surface area contributed by atoms with Crippen LogP contribution in [0, 0.1) is 5.82 Å². The maximum Gasteiger partial charge on any atom is 0.408 e. The fourth-order valence-electron chi connectivity index (χ4n) is 3.67. The van der Waals surface area contributed by atoms with E-state index < -0.39 is 53.8 Å². The molecule has 4 rings (SSSR count). The van der Waals surface area contributed by atoms with Crippen LogP contribution in [-0.2, 0) is 16.1 Å². The van der Waals surface area contributed by atoms with Gasteiger partial charge >= 0.3 is 6.09 Å². The summed E-state index contributed by atoms with van der Waals surface area (Å²) in [6, 6.07) is 8.19. The Morgan fingerprint density at radius 1 is 1.21 bits per heavy atom. The number of amides is 2. The molecule has 0 aliphatic carbocycles. The van der Waals surface area contributed by atoms with Gasteiger partial charge in [0.15, 0.2) is 5.82 Å². The van der Waals surface area contributed by atoms with Crippen molar-refractivity contribution in [3.05, 3.63) is 58.7 Å². The monoisotopic (exact) mass is 586 g/mol. The second-order valence-electron chi connectivity index (χ2n) is 9.52. The Labute approximate surface area is 230 Å². The SMILES string of the molecule is CC(C)(C)OC(=O)N[C@H]1CSc2ccc(-c3nnc(C(F)C(F)F)o3)c(F)c2N(Cc2ccc(Cl)cc2)C1=O. The second kappa shape index (κ2) is 11.4. The number of nitrogens with zero attached hydrogens (tertiary/aromatic N) is 3. The molecule has 0 fully saturated rings. The van der Waals surface area contributed by atoms with Gasteiger partial charge in [0.2, 0.25) is 6.17 Å². The van der Waals surface area contributed by atoms with Gasteiger partial charge in [0, 0.05) is 15.7 Å². The lowest BCUT2D eigenvalue weighted by Crippen LogP contribution is -2.50. The number of benzene rings is 2. The molecule has 2 heterocycles. The van der Waals surface area contributed by atoms with Crippen LogP contribution in [0.25, 0.3) is 11.5 Å². The highest BCUT2D eigenvalue weighted by atomic mass is 35.5. The summed E-state index contributed by atoms with van der Waals surface area (Å²) in [5, 5.41) is 9.79. The Balaban J connectivity index is 1.74. The van der Waals surface area contributed by atoms with E-state index in [-0.39, 0.29) is 23.5 Å². The van der Waals surface area contributed by atoms with Crippen LogP contribution < -0.4 is 10.2 Å².